The van der Waals surface area contributed by atoms with Crippen LogP contribution in [0.15, 0.2) is 60.7 Å². The first-order valence-corrected chi connectivity index (χ1v) is 13.5. The van der Waals surface area contributed by atoms with Crippen LogP contribution in [0.1, 0.15) is 84.0 Å². The van der Waals surface area contributed by atoms with Crippen LogP contribution < -0.4 is 0 Å². The minimum atomic E-state index is -0.595. The Hall–Kier alpha value is -2.25. The van der Waals surface area contributed by atoms with Crippen molar-refractivity contribution in [1.82, 2.24) is 0 Å². The molecule has 6 nitrogen and oxygen atoms in total. The van der Waals surface area contributed by atoms with E-state index < -0.39 is 12.6 Å². The fourth-order valence-corrected chi connectivity index (χ4v) is 5.36. The lowest BCUT2D eigenvalue weighted by atomic mass is 9.72. The van der Waals surface area contributed by atoms with E-state index in [0.717, 1.165) is 24.0 Å². The number of benzene rings is 2. The second kappa shape index (κ2) is 12.1. The summed E-state index contributed by atoms with van der Waals surface area (Å²) in [6.07, 6.45) is 0.960. The quantitative estimate of drug-likeness (QED) is 0.347. The van der Waals surface area contributed by atoms with Gasteiger partial charge in [-0.25, -0.2) is 0 Å². The van der Waals surface area contributed by atoms with Gasteiger partial charge < -0.3 is 23.7 Å². The number of fused-ring (bicyclic) bond motifs is 1. The van der Waals surface area contributed by atoms with Gasteiger partial charge in [-0.3, -0.25) is 4.79 Å². The molecule has 0 N–H and O–H groups in total. The fraction of sp³-hybridized carbons (Fsp3) is 0.581. The molecule has 0 aliphatic carbocycles. The van der Waals surface area contributed by atoms with Crippen LogP contribution in [0.3, 0.4) is 0 Å². The number of hydrogen-bond acceptors (Lipinski definition) is 6. The smallest absolute Gasteiger partial charge is 0.306 e. The molecule has 0 aromatic heterocycles. The summed E-state index contributed by atoms with van der Waals surface area (Å²) in [7, 11) is 0. The Morgan fingerprint density at radius 3 is 2.05 bits per heavy atom. The van der Waals surface area contributed by atoms with Crippen molar-refractivity contribution < 1.29 is 28.5 Å². The van der Waals surface area contributed by atoms with E-state index in [1.807, 2.05) is 60.7 Å². The molecule has 6 heteroatoms. The molecule has 0 amide bonds. The van der Waals surface area contributed by atoms with Crippen molar-refractivity contribution in [3.05, 3.63) is 71.8 Å². The predicted molar refractivity (Wildman–Crippen MR) is 142 cm³/mol. The first-order chi connectivity index (χ1) is 17.6. The first-order valence-electron chi connectivity index (χ1n) is 13.5. The van der Waals surface area contributed by atoms with Gasteiger partial charge in [0.1, 0.15) is 12.7 Å². The van der Waals surface area contributed by atoms with Gasteiger partial charge in [0.2, 0.25) is 0 Å². The van der Waals surface area contributed by atoms with Gasteiger partial charge >= 0.3 is 5.97 Å². The molecule has 0 saturated carbocycles. The standard InChI is InChI=1S/C31H42O6/c1-6-30(2,3)21-31(4,5)18-27(32)33-19-24-17-25-26(37-29(35-24)23-15-11-8-12-16-23)20-34-28(36-25)22-13-9-7-10-14-22/h7-16,24-26,28-29H,6,17-21H2,1-5H3/t24-,25-,26-,28?,29?/m1/s1. The van der Waals surface area contributed by atoms with E-state index in [1.54, 1.807) is 0 Å². The Morgan fingerprint density at radius 2 is 1.43 bits per heavy atom. The van der Waals surface area contributed by atoms with E-state index in [2.05, 4.69) is 34.6 Å². The molecule has 2 fully saturated rings. The summed E-state index contributed by atoms with van der Waals surface area (Å²) in [4.78, 5) is 12.9. The van der Waals surface area contributed by atoms with Crippen molar-refractivity contribution in [2.45, 2.75) is 91.2 Å². The van der Waals surface area contributed by atoms with Crippen LogP contribution >= 0.6 is 0 Å². The van der Waals surface area contributed by atoms with Crippen molar-refractivity contribution in [3.8, 4) is 0 Å². The lowest BCUT2D eigenvalue weighted by Crippen LogP contribution is -2.42. The maximum absolute atomic E-state index is 12.9. The minimum Gasteiger partial charge on any atom is -0.463 e. The third kappa shape index (κ3) is 7.87. The zero-order valence-corrected chi connectivity index (χ0v) is 22.9. The minimum absolute atomic E-state index is 0.144. The molecule has 37 heavy (non-hydrogen) atoms. The highest BCUT2D eigenvalue weighted by atomic mass is 16.7. The van der Waals surface area contributed by atoms with Crippen LogP contribution in [0.2, 0.25) is 0 Å². The Morgan fingerprint density at radius 1 is 0.838 bits per heavy atom. The van der Waals surface area contributed by atoms with Crippen LogP contribution in [-0.4, -0.2) is 37.5 Å². The van der Waals surface area contributed by atoms with E-state index >= 15 is 0 Å². The van der Waals surface area contributed by atoms with Crippen LogP contribution in [0.4, 0.5) is 0 Å². The van der Waals surface area contributed by atoms with Gasteiger partial charge in [-0.15, -0.1) is 0 Å². The second-order valence-electron chi connectivity index (χ2n) is 11.9. The molecule has 2 aromatic rings. The Bertz CT molecular complexity index is 989. The average molecular weight is 511 g/mol. The van der Waals surface area contributed by atoms with Gasteiger partial charge in [-0.2, -0.15) is 0 Å². The molecular formula is C31H42O6. The molecule has 2 aliphatic heterocycles. The molecule has 5 atom stereocenters. The molecule has 2 aliphatic rings. The molecular weight excluding hydrogens is 468 g/mol. The summed E-state index contributed by atoms with van der Waals surface area (Å²) >= 11 is 0. The Labute approximate surface area is 221 Å². The predicted octanol–water partition coefficient (Wildman–Crippen LogP) is 6.76. The molecule has 202 valence electrons. The lowest BCUT2D eigenvalue weighted by molar-refractivity contribution is -0.281. The van der Waals surface area contributed by atoms with E-state index in [1.165, 1.54) is 0 Å². The maximum atomic E-state index is 12.9. The van der Waals surface area contributed by atoms with Gasteiger partial charge in [0.25, 0.3) is 0 Å². The number of hydrogen-bond donors (Lipinski definition) is 0. The zero-order chi connectivity index (χ0) is 26.5. The van der Waals surface area contributed by atoms with Crippen molar-refractivity contribution in [1.29, 1.82) is 0 Å². The van der Waals surface area contributed by atoms with E-state index in [0.29, 0.717) is 19.4 Å². The molecule has 2 aromatic carbocycles. The SMILES string of the molecule is CCC(C)(C)CC(C)(C)CC(=O)OC[C@H]1C[C@H]2OC(c3ccccc3)OC[C@H]2OC(c2ccccc2)O1. The van der Waals surface area contributed by atoms with Gasteiger partial charge in [-0.1, -0.05) is 102 Å². The van der Waals surface area contributed by atoms with Gasteiger partial charge in [0.05, 0.1) is 25.2 Å². The monoisotopic (exact) mass is 510 g/mol. The highest BCUT2D eigenvalue weighted by molar-refractivity contribution is 5.70. The van der Waals surface area contributed by atoms with Crippen molar-refractivity contribution in [3.63, 3.8) is 0 Å². The third-order valence-corrected chi connectivity index (χ3v) is 7.35. The van der Waals surface area contributed by atoms with Gasteiger partial charge in [0.15, 0.2) is 12.6 Å². The molecule has 0 radical (unpaired) electrons. The largest absolute Gasteiger partial charge is 0.463 e. The number of carbonyl (C=O) groups is 1. The fourth-order valence-electron chi connectivity index (χ4n) is 5.36. The van der Waals surface area contributed by atoms with Crippen LogP contribution in [0.25, 0.3) is 0 Å². The highest BCUT2D eigenvalue weighted by Gasteiger charge is 2.41. The van der Waals surface area contributed by atoms with Crippen molar-refractivity contribution in [2.24, 2.45) is 10.8 Å². The maximum Gasteiger partial charge on any atom is 0.306 e. The van der Waals surface area contributed by atoms with E-state index in [-0.39, 0.29) is 41.7 Å². The number of carbonyl (C=O) groups excluding carboxylic acids is 1. The average Bonchev–Trinajstić information content (AvgIpc) is 3.06. The topological polar surface area (TPSA) is 63.2 Å². The van der Waals surface area contributed by atoms with Gasteiger partial charge in [-0.05, 0) is 17.3 Å². The summed E-state index contributed by atoms with van der Waals surface area (Å²) in [5, 5.41) is 0. The van der Waals surface area contributed by atoms with Crippen LogP contribution in [-0.2, 0) is 28.5 Å². The molecule has 0 spiro atoms. The first kappa shape index (κ1) is 27.8. The molecule has 2 heterocycles. The van der Waals surface area contributed by atoms with Crippen LogP contribution in [0, 0.1) is 10.8 Å². The Balaban J connectivity index is 1.43. The molecule has 0 bridgehead atoms. The lowest BCUT2D eigenvalue weighted by Gasteiger charge is -2.36. The summed E-state index contributed by atoms with van der Waals surface area (Å²) in [6, 6.07) is 19.7. The molecule has 4 rings (SSSR count). The van der Waals surface area contributed by atoms with Crippen molar-refractivity contribution >= 4 is 5.97 Å². The Kier molecular flexibility index (Phi) is 9.07. The zero-order valence-electron chi connectivity index (χ0n) is 22.9. The normalized spacial score (nSPS) is 26.7. The highest BCUT2D eigenvalue weighted by Crippen LogP contribution is 2.39. The summed E-state index contributed by atoms with van der Waals surface area (Å²) in [5.74, 6) is -0.200. The summed E-state index contributed by atoms with van der Waals surface area (Å²) in [5.41, 5.74) is 1.91. The third-order valence-electron chi connectivity index (χ3n) is 7.35. The molecule has 2 saturated heterocycles. The number of rotatable bonds is 9. The van der Waals surface area contributed by atoms with Crippen LogP contribution in [0.5, 0.6) is 0 Å². The summed E-state index contributed by atoms with van der Waals surface area (Å²) in [6.45, 7) is 11.5. The molecule has 2 unspecified atom stereocenters. The number of esters is 1. The van der Waals surface area contributed by atoms with Crippen molar-refractivity contribution in [2.75, 3.05) is 13.2 Å². The summed E-state index contributed by atoms with van der Waals surface area (Å²) < 4.78 is 30.9. The number of ether oxygens (including phenoxy) is 5. The van der Waals surface area contributed by atoms with E-state index in [9.17, 15) is 4.79 Å². The van der Waals surface area contributed by atoms with Gasteiger partial charge in [0, 0.05) is 17.5 Å². The second-order valence-corrected chi connectivity index (χ2v) is 11.9. The van der Waals surface area contributed by atoms with E-state index in [4.69, 9.17) is 23.7 Å².